The molecule has 3 heteroatoms. The van der Waals surface area contributed by atoms with Crippen molar-refractivity contribution in [1.29, 1.82) is 0 Å². The second-order valence-electron chi connectivity index (χ2n) is 5.08. The highest BCUT2D eigenvalue weighted by Crippen LogP contribution is 2.26. The van der Waals surface area contributed by atoms with E-state index in [0.717, 1.165) is 35.3 Å². The van der Waals surface area contributed by atoms with Crippen LogP contribution in [0.25, 0.3) is 10.9 Å². The van der Waals surface area contributed by atoms with Gasteiger partial charge in [0.1, 0.15) is 11.3 Å². The fraction of sp³-hybridized carbons (Fsp3) is 0.438. The fourth-order valence-corrected chi connectivity index (χ4v) is 2.17. The van der Waals surface area contributed by atoms with E-state index in [9.17, 15) is 0 Å². The van der Waals surface area contributed by atoms with Crippen molar-refractivity contribution in [3.63, 3.8) is 0 Å². The van der Waals surface area contributed by atoms with Crippen LogP contribution >= 0.6 is 0 Å². The molecule has 1 N–H and O–H groups in total. The molecular weight excluding hydrogens is 236 g/mol. The van der Waals surface area contributed by atoms with Crippen LogP contribution in [-0.4, -0.2) is 24.7 Å². The number of para-hydroxylation sites is 1. The summed E-state index contributed by atoms with van der Waals surface area (Å²) in [5.41, 5.74) is 3.34. The molecule has 3 nitrogen and oxygen atoms in total. The van der Waals surface area contributed by atoms with Crippen LogP contribution in [0, 0.1) is 6.92 Å². The van der Waals surface area contributed by atoms with Gasteiger partial charge in [-0.2, -0.15) is 0 Å². The summed E-state index contributed by atoms with van der Waals surface area (Å²) in [5.74, 6) is 0.871. The molecule has 2 aromatic rings. The molecule has 0 atom stereocenters. The van der Waals surface area contributed by atoms with Crippen molar-refractivity contribution in [3.8, 4) is 5.75 Å². The number of hydrogen-bond acceptors (Lipinski definition) is 3. The van der Waals surface area contributed by atoms with E-state index in [1.54, 1.807) is 0 Å². The van der Waals surface area contributed by atoms with Gasteiger partial charge < -0.3 is 10.1 Å². The Hall–Kier alpha value is -1.61. The summed E-state index contributed by atoms with van der Waals surface area (Å²) in [6.07, 6.45) is 1.16. The summed E-state index contributed by atoms with van der Waals surface area (Å²) in [4.78, 5) is 4.73. The zero-order chi connectivity index (χ0) is 13.8. The molecule has 1 heterocycles. The molecular formula is C16H22N2O. The third kappa shape index (κ3) is 3.24. The standard InChI is InChI=1S/C16H22N2O/c1-11(2)19-15-7-5-6-14-10-13(8-9-17-4)12(3)18-16(14)15/h5-7,10-11,17H,8-9H2,1-4H3. The second kappa shape index (κ2) is 6.02. The van der Waals surface area contributed by atoms with Crippen LogP contribution in [0.5, 0.6) is 5.75 Å². The molecule has 0 bridgehead atoms. The van der Waals surface area contributed by atoms with E-state index >= 15 is 0 Å². The SMILES string of the molecule is CNCCc1cc2cccc(OC(C)C)c2nc1C. The number of aromatic nitrogens is 1. The van der Waals surface area contributed by atoms with E-state index in [4.69, 9.17) is 9.72 Å². The molecule has 0 saturated carbocycles. The number of ether oxygens (including phenoxy) is 1. The first kappa shape index (κ1) is 13.8. The van der Waals surface area contributed by atoms with Crippen LogP contribution in [-0.2, 0) is 6.42 Å². The van der Waals surface area contributed by atoms with E-state index in [1.807, 2.05) is 33.0 Å². The Labute approximate surface area is 115 Å². The van der Waals surface area contributed by atoms with Gasteiger partial charge in [0.2, 0.25) is 0 Å². The van der Waals surface area contributed by atoms with Gasteiger partial charge in [-0.15, -0.1) is 0 Å². The number of hydrogen-bond donors (Lipinski definition) is 1. The molecule has 0 fully saturated rings. The van der Waals surface area contributed by atoms with Gasteiger partial charge in [0.15, 0.2) is 0 Å². The van der Waals surface area contributed by atoms with Gasteiger partial charge in [-0.25, -0.2) is 4.98 Å². The van der Waals surface area contributed by atoms with Gasteiger partial charge in [0.25, 0.3) is 0 Å². The second-order valence-corrected chi connectivity index (χ2v) is 5.08. The molecule has 0 amide bonds. The first-order chi connectivity index (χ1) is 9.11. The maximum atomic E-state index is 5.83. The number of pyridine rings is 1. The van der Waals surface area contributed by atoms with Gasteiger partial charge in [-0.05, 0) is 58.5 Å². The smallest absolute Gasteiger partial charge is 0.145 e. The Kier molecular flexibility index (Phi) is 4.38. The first-order valence-electron chi connectivity index (χ1n) is 6.82. The molecule has 1 aromatic heterocycles. The third-order valence-corrected chi connectivity index (χ3v) is 3.11. The summed E-state index contributed by atoms with van der Waals surface area (Å²) >= 11 is 0. The summed E-state index contributed by atoms with van der Waals surface area (Å²) in [6.45, 7) is 7.10. The lowest BCUT2D eigenvalue weighted by Gasteiger charge is -2.13. The van der Waals surface area contributed by atoms with E-state index in [-0.39, 0.29) is 6.10 Å². The molecule has 0 spiro atoms. The zero-order valence-electron chi connectivity index (χ0n) is 12.2. The Morgan fingerprint density at radius 3 is 2.79 bits per heavy atom. The van der Waals surface area contributed by atoms with Crippen molar-refractivity contribution in [3.05, 3.63) is 35.5 Å². The van der Waals surface area contributed by atoms with Gasteiger partial charge in [-0.3, -0.25) is 0 Å². The summed E-state index contributed by atoms with van der Waals surface area (Å²) < 4.78 is 5.83. The van der Waals surface area contributed by atoms with E-state index < -0.39 is 0 Å². The van der Waals surface area contributed by atoms with Crippen molar-refractivity contribution in [2.24, 2.45) is 0 Å². The highest BCUT2D eigenvalue weighted by Gasteiger charge is 2.08. The first-order valence-corrected chi connectivity index (χ1v) is 6.82. The number of rotatable bonds is 5. The van der Waals surface area contributed by atoms with Crippen LogP contribution < -0.4 is 10.1 Å². The zero-order valence-corrected chi connectivity index (χ0v) is 12.2. The molecule has 2 rings (SSSR count). The third-order valence-electron chi connectivity index (χ3n) is 3.11. The quantitative estimate of drug-likeness (QED) is 0.895. The number of aryl methyl sites for hydroxylation is 1. The number of nitrogens with zero attached hydrogens (tertiary/aromatic N) is 1. The summed E-state index contributed by atoms with van der Waals surface area (Å²) in [6, 6.07) is 8.33. The highest BCUT2D eigenvalue weighted by atomic mass is 16.5. The molecule has 0 aliphatic heterocycles. The molecule has 102 valence electrons. The minimum Gasteiger partial charge on any atom is -0.489 e. The van der Waals surface area contributed by atoms with E-state index in [1.165, 1.54) is 5.56 Å². The summed E-state index contributed by atoms with van der Waals surface area (Å²) in [5, 5.41) is 4.32. The molecule has 19 heavy (non-hydrogen) atoms. The minimum atomic E-state index is 0.164. The lowest BCUT2D eigenvalue weighted by Crippen LogP contribution is -2.11. The molecule has 0 aliphatic carbocycles. The van der Waals surface area contributed by atoms with Crippen molar-refractivity contribution in [1.82, 2.24) is 10.3 Å². The Bertz CT molecular complexity index is 564. The minimum absolute atomic E-state index is 0.164. The van der Waals surface area contributed by atoms with Crippen LogP contribution in [0.2, 0.25) is 0 Å². The van der Waals surface area contributed by atoms with E-state index in [2.05, 4.69) is 24.4 Å². The fourth-order valence-electron chi connectivity index (χ4n) is 2.17. The molecule has 0 aliphatic rings. The van der Waals surface area contributed by atoms with Crippen molar-refractivity contribution in [2.45, 2.75) is 33.3 Å². The molecule has 1 aromatic carbocycles. The van der Waals surface area contributed by atoms with Gasteiger partial charge in [0.05, 0.1) is 6.10 Å². The van der Waals surface area contributed by atoms with Crippen LogP contribution in [0.4, 0.5) is 0 Å². The highest BCUT2D eigenvalue weighted by molar-refractivity contribution is 5.85. The monoisotopic (exact) mass is 258 g/mol. The van der Waals surface area contributed by atoms with Crippen LogP contribution in [0.3, 0.4) is 0 Å². The largest absolute Gasteiger partial charge is 0.489 e. The van der Waals surface area contributed by atoms with Crippen LogP contribution in [0.1, 0.15) is 25.1 Å². The van der Waals surface area contributed by atoms with E-state index in [0.29, 0.717) is 0 Å². The Morgan fingerprint density at radius 1 is 1.32 bits per heavy atom. The summed E-state index contributed by atoms with van der Waals surface area (Å²) in [7, 11) is 1.97. The maximum absolute atomic E-state index is 5.83. The number of nitrogens with one attached hydrogen (secondary N) is 1. The predicted octanol–water partition coefficient (Wildman–Crippen LogP) is 3.09. The van der Waals surface area contributed by atoms with Crippen LogP contribution in [0.15, 0.2) is 24.3 Å². The lowest BCUT2D eigenvalue weighted by atomic mass is 10.1. The number of fused-ring (bicyclic) bond motifs is 1. The maximum Gasteiger partial charge on any atom is 0.145 e. The van der Waals surface area contributed by atoms with Gasteiger partial charge in [0, 0.05) is 11.1 Å². The predicted molar refractivity (Wildman–Crippen MR) is 79.9 cm³/mol. The lowest BCUT2D eigenvalue weighted by molar-refractivity contribution is 0.245. The number of likely N-dealkylation sites (N-methyl/N-ethyl adjacent to an activating group) is 1. The van der Waals surface area contributed by atoms with Crippen molar-refractivity contribution in [2.75, 3.05) is 13.6 Å². The molecule has 0 radical (unpaired) electrons. The topological polar surface area (TPSA) is 34.1 Å². The average molecular weight is 258 g/mol. The number of benzene rings is 1. The van der Waals surface area contributed by atoms with Gasteiger partial charge in [-0.1, -0.05) is 12.1 Å². The van der Waals surface area contributed by atoms with Gasteiger partial charge >= 0.3 is 0 Å². The van der Waals surface area contributed by atoms with Crippen molar-refractivity contribution >= 4 is 10.9 Å². The van der Waals surface area contributed by atoms with Crippen molar-refractivity contribution < 1.29 is 4.74 Å². The Balaban J connectivity index is 2.44. The normalized spacial score (nSPS) is 11.2. The molecule has 0 saturated heterocycles. The Morgan fingerprint density at radius 2 is 2.11 bits per heavy atom. The average Bonchev–Trinajstić information content (AvgIpc) is 2.36. The molecule has 0 unspecified atom stereocenters.